The Kier molecular flexibility index (Phi) is 5.24. The molecule has 0 N–H and O–H groups in total. The van der Waals surface area contributed by atoms with Crippen LogP contribution in [0.2, 0.25) is 18.9 Å². The highest BCUT2D eigenvalue weighted by Crippen LogP contribution is 2.45. The van der Waals surface area contributed by atoms with E-state index >= 15 is 0 Å². The second-order valence-corrected chi connectivity index (χ2v) is 12.9. The lowest BCUT2D eigenvalue weighted by atomic mass is 9.63. The van der Waals surface area contributed by atoms with Gasteiger partial charge in [0.1, 0.15) is 0 Å². The number of benzene rings is 1. The summed E-state index contributed by atoms with van der Waals surface area (Å²) in [6.45, 7) is 13.1. The van der Waals surface area contributed by atoms with Crippen LogP contribution < -0.4 is 5.19 Å². The fourth-order valence-corrected chi connectivity index (χ4v) is 6.11. The molecular formula is C20H33BO3Si. The third kappa shape index (κ3) is 3.90. The van der Waals surface area contributed by atoms with Gasteiger partial charge in [0.25, 0.3) is 0 Å². The second kappa shape index (κ2) is 6.84. The minimum atomic E-state index is -1.94. The van der Waals surface area contributed by atoms with Crippen molar-refractivity contribution < 1.29 is 13.7 Å². The Morgan fingerprint density at radius 1 is 0.960 bits per heavy atom. The van der Waals surface area contributed by atoms with E-state index in [0.29, 0.717) is 5.82 Å². The first kappa shape index (κ1) is 19.2. The van der Waals surface area contributed by atoms with Crippen molar-refractivity contribution >= 4 is 20.6 Å². The summed E-state index contributed by atoms with van der Waals surface area (Å²) in [5.41, 5.74) is -0.544. The van der Waals surface area contributed by atoms with E-state index in [-0.39, 0.29) is 24.4 Å². The van der Waals surface area contributed by atoms with E-state index < -0.39 is 8.32 Å². The smallest absolute Gasteiger partial charge is 0.410 e. The van der Waals surface area contributed by atoms with Gasteiger partial charge in [-0.15, -0.1) is 0 Å². The van der Waals surface area contributed by atoms with E-state index in [2.05, 4.69) is 71.1 Å². The summed E-state index contributed by atoms with van der Waals surface area (Å²) in [4.78, 5) is 0. The molecule has 138 valence electrons. The second-order valence-electron chi connectivity index (χ2n) is 9.11. The summed E-state index contributed by atoms with van der Waals surface area (Å²) in [5.74, 6) is 0.324. The van der Waals surface area contributed by atoms with Crippen LogP contribution in [-0.2, 0) is 13.7 Å². The van der Waals surface area contributed by atoms with Crippen molar-refractivity contribution in [1.29, 1.82) is 0 Å². The van der Waals surface area contributed by atoms with E-state index in [1.165, 1.54) is 18.0 Å². The Hall–Kier alpha value is -0.618. The van der Waals surface area contributed by atoms with Gasteiger partial charge in [0.05, 0.1) is 11.2 Å². The summed E-state index contributed by atoms with van der Waals surface area (Å²) >= 11 is 0. The van der Waals surface area contributed by atoms with Gasteiger partial charge in [0, 0.05) is 11.9 Å². The van der Waals surface area contributed by atoms with Crippen LogP contribution in [0, 0.1) is 0 Å². The molecule has 0 amide bonds. The quantitative estimate of drug-likeness (QED) is 0.739. The average molecular weight is 360 g/mol. The van der Waals surface area contributed by atoms with Crippen molar-refractivity contribution in [2.75, 3.05) is 0 Å². The van der Waals surface area contributed by atoms with Crippen molar-refractivity contribution in [2.24, 2.45) is 0 Å². The van der Waals surface area contributed by atoms with Gasteiger partial charge in [-0.25, -0.2) is 0 Å². The lowest BCUT2D eigenvalue weighted by Gasteiger charge is -2.38. The summed E-state index contributed by atoms with van der Waals surface area (Å²) in [6.07, 6.45) is 4.94. The van der Waals surface area contributed by atoms with Crippen molar-refractivity contribution in [3.63, 3.8) is 0 Å². The van der Waals surface area contributed by atoms with Crippen molar-refractivity contribution in [3.8, 4) is 0 Å². The van der Waals surface area contributed by atoms with E-state index in [9.17, 15) is 0 Å². The minimum Gasteiger partial charge on any atom is -0.410 e. The van der Waals surface area contributed by atoms with E-state index in [1.807, 2.05) is 0 Å². The molecule has 1 saturated heterocycles. The molecule has 1 saturated carbocycles. The predicted octanol–water partition coefficient (Wildman–Crippen LogP) is 4.52. The first-order chi connectivity index (χ1) is 11.6. The van der Waals surface area contributed by atoms with Gasteiger partial charge >= 0.3 is 7.12 Å². The molecule has 2 fully saturated rings. The SMILES string of the molecule is CC1(C)OB(C2CCCCC2O[Si](C)(C)c2ccccc2)OC1(C)C. The lowest BCUT2D eigenvalue weighted by molar-refractivity contribution is 0.00578. The number of hydrogen-bond acceptors (Lipinski definition) is 3. The average Bonchev–Trinajstić information content (AvgIpc) is 2.76. The Bertz CT molecular complexity index is 572. The normalized spacial score (nSPS) is 29.0. The standard InChI is InChI=1S/C20H33BO3Si/c1-19(2)20(3,4)24-21(23-19)17-14-10-11-15-18(17)22-25(5,6)16-12-8-7-9-13-16/h7-9,12-13,17-18H,10-11,14-15H2,1-6H3. The van der Waals surface area contributed by atoms with Crippen LogP contribution in [0.4, 0.5) is 0 Å². The molecule has 25 heavy (non-hydrogen) atoms. The summed E-state index contributed by atoms with van der Waals surface area (Å²) in [5, 5.41) is 1.35. The van der Waals surface area contributed by atoms with Gasteiger partial charge in [0.2, 0.25) is 8.32 Å². The van der Waals surface area contributed by atoms with Crippen LogP contribution in [0.5, 0.6) is 0 Å². The van der Waals surface area contributed by atoms with Gasteiger partial charge in [-0.1, -0.05) is 43.2 Å². The summed E-state index contributed by atoms with van der Waals surface area (Å²) in [6, 6.07) is 10.7. The fourth-order valence-electron chi connectivity index (χ4n) is 3.93. The third-order valence-electron chi connectivity index (χ3n) is 6.29. The van der Waals surface area contributed by atoms with Crippen LogP contribution >= 0.6 is 0 Å². The Balaban J connectivity index is 1.76. The monoisotopic (exact) mass is 360 g/mol. The Morgan fingerprint density at radius 2 is 1.52 bits per heavy atom. The highest BCUT2D eigenvalue weighted by Gasteiger charge is 2.55. The maximum atomic E-state index is 6.81. The molecule has 0 spiro atoms. The molecule has 3 rings (SSSR count). The van der Waals surface area contributed by atoms with Crippen molar-refractivity contribution in [1.82, 2.24) is 0 Å². The lowest BCUT2D eigenvalue weighted by Crippen LogP contribution is -2.50. The van der Waals surface area contributed by atoms with Gasteiger partial charge in [-0.05, 0) is 58.8 Å². The third-order valence-corrected chi connectivity index (χ3v) is 8.91. The van der Waals surface area contributed by atoms with Crippen molar-refractivity contribution in [2.45, 2.75) is 89.6 Å². The van der Waals surface area contributed by atoms with Crippen LogP contribution in [-0.4, -0.2) is 32.7 Å². The largest absolute Gasteiger partial charge is 0.463 e. The molecule has 0 bridgehead atoms. The highest BCUT2D eigenvalue weighted by molar-refractivity contribution is 6.84. The van der Waals surface area contributed by atoms with E-state index in [4.69, 9.17) is 13.7 Å². The molecular weight excluding hydrogens is 327 g/mol. The zero-order valence-corrected chi connectivity index (χ0v) is 17.7. The highest BCUT2D eigenvalue weighted by atomic mass is 28.4. The Morgan fingerprint density at radius 3 is 2.12 bits per heavy atom. The molecule has 1 aromatic rings. The molecule has 0 radical (unpaired) electrons. The van der Waals surface area contributed by atoms with Gasteiger partial charge in [0.15, 0.2) is 0 Å². The maximum Gasteiger partial charge on any atom is 0.463 e. The fraction of sp³-hybridized carbons (Fsp3) is 0.700. The van der Waals surface area contributed by atoms with Gasteiger partial charge < -0.3 is 13.7 Å². The van der Waals surface area contributed by atoms with E-state index in [1.54, 1.807) is 0 Å². The molecule has 1 aliphatic heterocycles. The van der Waals surface area contributed by atoms with Crippen LogP contribution in [0.15, 0.2) is 30.3 Å². The topological polar surface area (TPSA) is 27.7 Å². The molecule has 1 aliphatic carbocycles. The predicted molar refractivity (Wildman–Crippen MR) is 107 cm³/mol. The van der Waals surface area contributed by atoms with Gasteiger partial charge in [-0.3, -0.25) is 0 Å². The minimum absolute atomic E-state index is 0.157. The zero-order chi connectivity index (χ0) is 18.3. The molecule has 2 unspecified atom stereocenters. The zero-order valence-electron chi connectivity index (χ0n) is 16.7. The van der Waals surface area contributed by atoms with Crippen molar-refractivity contribution in [3.05, 3.63) is 30.3 Å². The molecule has 2 atom stereocenters. The summed E-state index contributed by atoms with van der Waals surface area (Å²) in [7, 11) is -2.10. The number of hydrogen-bond donors (Lipinski definition) is 0. The van der Waals surface area contributed by atoms with E-state index in [0.717, 1.165) is 12.8 Å². The van der Waals surface area contributed by atoms with Crippen LogP contribution in [0.3, 0.4) is 0 Å². The van der Waals surface area contributed by atoms with Gasteiger partial charge in [-0.2, -0.15) is 0 Å². The maximum absolute atomic E-state index is 6.81. The first-order valence-electron chi connectivity index (χ1n) is 9.71. The molecule has 5 heteroatoms. The first-order valence-corrected chi connectivity index (χ1v) is 12.6. The Labute approximate surface area is 154 Å². The molecule has 3 nitrogen and oxygen atoms in total. The molecule has 2 aliphatic rings. The van der Waals surface area contributed by atoms with Crippen LogP contribution in [0.1, 0.15) is 53.4 Å². The molecule has 0 aromatic heterocycles. The molecule has 1 heterocycles. The summed E-state index contributed by atoms with van der Waals surface area (Å²) < 4.78 is 19.5. The molecule has 1 aromatic carbocycles. The van der Waals surface area contributed by atoms with Crippen LogP contribution in [0.25, 0.3) is 0 Å². The number of rotatable bonds is 4.